The molecular formula is C11H8BrFN2O2S. The van der Waals surface area contributed by atoms with Gasteiger partial charge in [-0.1, -0.05) is 0 Å². The van der Waals surface area contributed by atoms with Crippen LogP contribution in [0.5, 0.6) is 0 Å². The molecule has 1 aromatic carbocycles. The van der Waals surface area contributed by atoms with Crippen LogP contribution in [-0.2, 0) is 6.54 Å². The third-order valence-electron chi connectivity index (χ3n) is 2.26. The van der Waals surface area contributed by atoms with Crippen molar-refractivity contribution in [2.45, 2.75) is 6.54 Å². The quantitative estimate of drug-likeness (QED) is 0.676. The molecule has 0 bridgehead atoms. The van der Waals surface area contributed by atoms with Crippen LogP contribution in [0.1, 0.15) is 5.56 Å². The van der Waals surface area contributed by atoms with E-state index in [1.165, 1.54) is 12.1 Å². The number of nitrogens with one attached hydrogen (secondary N) is 1. The molecule has 94 valence electrons. The van der Waals surface area contributed by atoms with E-state index in [4.69, 9.17) is 0 Å². The smallest absolute Gasteiger partial charge is 0.306 e. The molecule has 1 N–H and O–H groups in total. The summed E-state index contributed by atoms with van der Waals surface area (Å²) >= 11 is 4.91. The molecular weight excluding hydrogens is 323 g/mol. The summed E-state index contributed by atoms with van der Waals surface area (Å²) in [5.74, 6) is -0.830. The highest BCUT2D eigenvalue weighted by Gasteiger charge is 2.14. The molecule has 0 saturated carbocycles. The minimum absolute atomic E-state index is 0.519. The largest absolute Gasteiger partial charge is 0.381 e. The van der Waals surface area contributed by atoms with E-state index in [1.807, 2.05) is 11.4 Å². The van der Waals surface area contributed by atoms with Crippen molar-refractivity contribution in [3.05, 3.63) is 54.9 Å². The third kappa shape index (κ3) is 3.05. The van der Waals surface area contributed by atoms with E-state index in [1.54, 1.807) is 11.3 Å². The van der Waals surface area contributed by atoms with Crippen LogP contribution in [0.3, 0.4) is 0 Å². The highest BCUT2D eigenvalue weighted by molar-refractivity contribution is 9.11. The van der Waals surface area contributed by atoms with Gasteiger partial charge < -0.3 is 5.32 Å². The van der Waals surface area contributed by atoms with E-state index in [-0.39, 0.29) is 0 Å². The molecule has 0 amide bonds. The maximum atomic E-state index is 13.1. The van der Waals surface area contributed by atoms with Gasteiger partial charge in [0, 0.05) is 18.3 Å². The van der Waals surface area contributed by atoms with Crippen molar-refractivity contribution in [1.82, 2.24) is 0 Å². The van der Waals surface area contributed by atoms with E-state index in [0.717, 1.165) is 15.4 Å². The van der Waals surface area contributed by atoms with Gasteiger partial charge in [-0.25, -0.2) is 0 Å². The van der Waals surface area contributed by atoms with Crippen LogP contribution in [0, 0.1) is 15.9 Å². The van der Waals surface area contributed by atoms with Crippen molar-refractivity contribution in [2.24, 2.45) is 0 Å². The number of nitro benzene ring substituents is 1. The van der Waals surface area contributed by atoms with Crippen LogP contribution >= 0.6 is 27.3 Å². The lowest BCUT2D eigenvalue weighted by Gasteiger charge is -2.04. The minimum Gasteiger partial charge on any atom is -0.381 e. The van der Waals surface area contributed by atoms with Gasteiger partial charge in [-0.3, -0.25) is 10.1 Å². The lowest BCUT2D eigenvalue weighted by atomic mass is 10.2. The van der Waals surface area contributed by atoms with Gasteiger partial charge in [-0.2, -0.15) is 4.39 Å². The fourth-order valence-electron chi connectivity index (χ4n) is 1.41. The number of benzene rings is 1. The molecule has 1 aromatic heterocycles. The van der Waals surface area contributed by atoms with Crippen molar-refractivity contribution < 1.29 is 9.31 Å². The molecule has 0 aliphatic rings. The molecule has 0 aliphatic carbocycles. The minimum atomic E-state index is -0.830. The Labute approximate surface area is 115 Å². The van der Waals surface area contributed by atoms with Gasteiger partial charge in [0.1, 0.15) is 0 Å². The molecule has 0 aliphatic heterocycles. The van der Waals surface area contributed by atoms with E-state index in [0.29, 0.717) is 12.2 Å². The summed E-state index contributed by atoms with van der Waals surface area (Å²) in [6, 6.07) is 5.71. The number of hydrogen-bond donors (Lipinski definition) is 1. The highest BCUT2D eigenvalue weighted by atomic mass is 79.9. The second-order valence-electron chi connectivity index (χ2n) is 3.54. The molecule has 7 heteroatoms. The fraction of sp³-hybridized carbons (Fsp3) is 0.0909. The lowest BCUT2D eigenvalue weighted by molar-refractivity contribution is -0.387. The monoisotopic (exact) mass is 330 g/mol. The maximum Gasteiger partial charge on any atom is 0.306 e. The molecule has 0 radical (unpaired) electrons. The molecule has 4 nitrogen and oxygen atoms in total. The summed E-state index contributed by atoms with van der Waals surface area (Å²) in [6.45, 7) is 0.533. The first-order valence-electron chi connectivity index (χ1n) is 4.97. The Morgan fingerprint density at radius 1 is 1.44 bits per heavy atom. The summed E-state index contributed by atoms with van der Waals surface area (Å²) in [5.41, 5.74) is 1.05. The Morgan fingerprint density at radius 2 is 2.22 bits per heavy atom. The van der Waals surface area contributed by atoms with Crippen LogP contribution in [0.2, 0.25) is 0 Å². The van der Waals surface area contributed by atoms with E-state index in [2.05, 4.69) is 21.2 Å². The predicted molar refractivity (Wildman–Crippen MR) is 72.4 cm³/mol. The van der Waals surface area contributed by atoms with Crippen molar-refractivity contribution in [2.75, 3.05) is 5.32 Å². The second-order valence-corrected chi connectivity index (χ2v) is 5.83. The van der Waals surface area contributed by atoms with Crippen molar-refractivity contribution >= 4 is 38.6 Å². The van der Waals surface area contributed by atoms with Crippen LogP contribution in [0.25, 0.3) is 0 Å². The number of nitro groups is 1. The van der Waals surface area contributed by atoms with Gasteiger partial charge in [-0.15, -0.1) is 11.3 Å². The van der Waals surface area contributed by atoms with Crippen molar-refractivity contribution in [3.63, 3.8) is 0 Å². The number of thiophene rings is 1. The van der Waals surface area contributed by atoms with E-state index < -0.39 is 16.4 Å². The summed E-state index contributed by atoms with van der Waals surface area (Å²) in [6.07, 6.45) is 0. The van der Waals surface area contributed by atoms with Crippen molar-refractivity contribution in [3.8, 4) is 0 Å². The normalized spacial score (nSPS) is 10.3. The Hall–Kier alpha value is -1.47. The Bertz CT molecular complexity index is 588. The first kappa shape index (κ1) is 13.0. The summed E-state index contributed by atoms with van der Waals surface area (Å²) in [7, 11) is 0. The Kier molecular flexibility index (Phi) is 3.93. The summed E-state index contributed by atoms with van der Waals surface area (Å²) < 4.78 is 14.1. The number of halogens is 2. The molecule has 0 fully saturated rings. The number of hydrogen-bond acceptors (Lipinski definition) is 4. The molecule has 0 spiro atoms. The number of anilines is 1. The van der Waals surface area contributed by atoms with Crippen LogP contribution in [0.4, 0.5) is 15.8 Å². The summed E-state index contributed by atoms with van der Waals surface area (Å²) in [5, 5.41) is 15.6. The first-order valence-corrected chi connectivity index (χ1v) is 6.64. The third-order valence-corrected chi connectivity index (χ3v) is 3.81. The van der Waals surface area contributed by atoms with Gasteiger partial charge in [0.05, 0.1) is 8.71 Å². The van der Waals surface area contributed by atoms with Gasteiger partial charge in [0.15, 0.2) is 0 Å². The number of rotatable bonds is 4. The van der Waals surface area contributed by atoms with Crippen LogP contribution in [0.15, 0.2) is 33.4 Å². The molecule has 0 atom stereocenters. The zero-order chi connectivity index (χ0) is 13.1. The number of nitrogens with zero attached hydrogens (tertiary/aromatic N) is 1. The van der Waals surface area contributed by atoms with E-state index in [9.17, 15) is 14.5 Å². The molecule has 18 heavy (non-hydrogen) atoms. The lowest BCUT2D eigenvalue weighted by Crippen LogP contribution is -2.00. The van der Waals surface area contributed by atoms with Crippen LogP contribution < -0.4 is 5.32 Å². The van der Waals surface area contributed by atoms with Gasteiger partial charge in [-0.05, 0) is 45.1 Å². The predicted octanol–water partition coefficient (Wildman–Crippen LogP) is 4.17. The average molecular weight is 331 g/mol. The fourth-order valence-corrected chi connectivity index (χ4v) is 2.61. The topological polar surface area (TPSA) is 55.2 Å². The zero-order valence-electron chi connectivity index (χ0n) is 9.02. The standard InChI is InChI=1S/C11H8BrFN2O2S/c12-11-3-7(6-18-11)5-14-8-1-2-9(13)10(4-8)15(16)17/h1-4,6,14H,5H2. The summed E-state index contributed by atoms with van der Waals surface area (Å²) in [4.78, 5) is 9.85. The first-order chi connectivity index (χ1) is 8.56. The van der Waals surface area contributed by atoms with E-state index >= 15 is 0 Å². The molecule has 0 unspecified atom stereocenters. The Balaban J connectivity index is 2.10. The van der Waals surface area contributed by atoms with Crippen LogP contribution in [-0.4, -0.2) is 4.92 Å². The maximum absolute atomic E-state index is 13.1. The molecule has 0 saturated heterocycles. The Morgan fingerprint density at radius 3 is 2.83 bits per heavy atom. The molecule has 1 heterocycles. The zero-order valence-corrected chi connectivity index (χ0v) is 11.4. The molecule has 2 rings (SSSR count). The van der Waals surface area contributed by atoms with Gasteiger partial charge >= 0.3 is 5.69 Å². The molecule has 2 aromatic rings. The van der Waals surface area contributed by atoms with Gasteiger partial charge in [0.2, 0.25) is 5.82 Å². The van der Waals surface area contributed by atoms with Crippen molar-refractivity contribution in [1.29, 1.82) is 0 Å². The average Bonchev–Trinajstić information content (AvgIpc) is 2.74. The second kappa shape index (κ2) is 5.45. The highest BCUT2D eigenvalue weighted by Crippen LogP contribution is 2.24. The SMILES string of the molecule is O=[N+]([O-])c1cc(NCc2csc(Br)c2)ccc1F. The van der Waals surface area contributed by atoms with Gasteiger partial charge in [0.25, 0.3) is 0 Å².